The number of rotatable bonds is 18. The van der Waals surface area contributed by atoms with Crippen molar-refractivity contribution in [2.24, 2.45) is 0 Å². The molecule has 0 saturated heterocycles. The lowest BCUT2D eigenvalue weighted by molar-refractivity contribution is -0.501. The first kappa shape index (κ1) is 44.0. The Morgan fingerprint density at radius 1 is 0.627 bits per heavy atom. The van der Waals surface area contributed by atoms with Gasteiger partial charge in [0.15, 0.2) is 0 Å². The number of hydrogen-bond acceptors (Lipinski definition) is 5. The van der Waals surface area contributed by atoms with Crippen LogP contribution in [0.25, 0.3) is 0 Å². The number of hydroxylamine groups is 2. The molecule has 1 unspecified atom stereocenters. The van der Waals surface area contributed by atoms with E-state index in [1.807, 2.05) is 6.92 Å². The lowest BCUT2D eigenvalue weighted by Crippen LogP contribution is -2.73. The molecular weight excluding hydrogens is 766 g/mol. The van der Waals surface area contributed by atoms with Crippen LogP contribution in [-0.4, -0.2) is 70.4 Å². The van der Waals surface area contributed by atoms with Crippen molar-refractivity contribution in [3.63, 3.8) is 0 Å². The monoisotopic (exact) mass is 789 g/mol. The molecule has 1 atom stereocenters. The van der Waals surface area contributed by atoms with Gasteiger partial charge in [-0.25, -0.2) is 13.2 Å². The maximum Gasteiger partial charge on any atom is 0.460 e. The van der Waals surface area contributed by atoms with Crippen molar-refractivity contribution in [2.45, 2.75) is 99.6 Å². The van der Waals surface area contributed by atoms with Gasteiger partial charge in [-0.05, 0) is 37.8 Å². The Morgan fingerprint density at radius 2 is 1.14 bits per heavy atom. The summed E-state index contributed by atoms with van der Waals surface area (Å²) in [6, 6.07) is 0.737. The molecule has 1 aliphatic heterocycles. The van der Waals surface area contributed by atoms with E-state index in [1.54, 1.807) is 0 Å². The zero-order chi connectivity index (χ0) is 39.6. The number of ether oxygens (including phenoxy) is 1. The lowest BCUT2D eigenvalue weighted by Gasteiger charge is -2.43. The minimum Gasteiger partial charge on any atom is -0.381 e. The summed E-state index contributed by atoms with van der Waals surface area (Å²) in [5, 5.41) is 3.64. The minimum absolute atomic E-state index is 0.0762. The Kier molecular flexibility index (Phi) is 13.0. The van der Waals surface area contributed by atoms with E-state index < -0.39 is 81.9 Å². The standard InChI is InChI=1S/C26H23F20N3O2/c1-2-3-4-6-11-50-12-7-5-8-13-9-10-14(48-47-13)19(31)17(29)15(27)16(28)18(30)49(19)51-26(45,46)24(40,41)22(36,37)20(32,33)21(34,35)23(38,39)25(42,43)44/h9-10H,2-8,11-12H2,1H3. The summed E-state index contributed by atoms with van der Waals surface area (Å²) in [4.78, 5) is 2.54. The summed E-state index contributed by atoms with van der Waals surface area (Å²) in [7, 11) is 0. The third kappa shape index (κ3) is 7.68. The Labute approximate surface area is 273 Å². The van der Waals surface area contributed by atoms with Gasteiger partial charge in [0, 0.05) is 13.2 Å². The number of halogens is 20. The van der Waals surface area contributed by atoms with Gasteiger partial charge >= 0.3 is 47.7 Å². The summed E-state index contributed by atoms with van der Waals surface area (Å²) >= 11 is 0. The smallest absolute Gasteiger partial charge is 0.381 e. The molecule has 1 aliphatic rings. The van der Waals surface area contributed by atoms with Crippen LogP contribution in [0.2, 0.25) is 0 Å². The van der Waals surface area contributed by atoms with E-state index in [0.29, 0.717) is 19.1 Å². The zero-order valence-corrected chi connectivity index (χ0v) is 25.2. The van der Waals surface area contributed by atoms with Crippen LogP contribution in [0.5, 0.6) is 0 Å². The molecule has 294 valence electrons. The Morgan fingerprint density at radius 3 is 1.63 bits per heavy atom. The fourth-order valence-electron chi connectivity index (χ4n) is 4.00. The molecule has 0 bridgehead atoms. The van der Waals surface area contributed by atoms with Crippen molar-refractivity contribution in [1.82, 2.24) is 15.3 Å². The van der Waals surface area contributed by atoms with Crippen LogP contribution in [0.1, 0.15) is 56.8 Å². The number of unbranched alkanes of at least 4 members (excludes halogenated alkanes) is 4. The van der Waals surface area contributed by atoms with E-state index in [9.17, 15) is 83.4 Å². The second-order valence-electron chi connectivity index (χ2n) is 10.7. The molecule has 51 heavy (non-hydrogen) atoms. The number of aromatic nitrogens is 2. The molecule has 0 aliphatic carbocycles. The predicted molar refractivity (Wildman–Crippen MR) is 130 cm³/mol. The minimum atomic E-state index is -8.83. The van der Waals surface area contributed by atoms with Crippen LogP contribution >= 0.6 is 0 Å². The fourth-order valence-corrected chi connectivity index (χ4v) is 4.00. The van der Waals surface area contributed by atoms with Gasteiger partial charge in [-0.15, -0.1) is 5.10 Å². The molecule has 0 saturated carbocycles. The third-order valence-corrected chi connectivity index (χ3v) is 6.99. The first-order valence-corrected chi connectivity index (χ1v) is 14.1. The van der Waals surface area contributed by atoms with Crippen molar-refractivity contribution >= 4 is 0 Å². The molecule has 1 aromatic rings. The topological polar surface area (TPSA) is 47.5 Å². The largest absolute Gasteiger partial charge is 0.460 e. The van der Waals surface area contributed by atoms with Gasteiger partial charge < -0.3 is 4.74 Å². The first-order valence-electron chi connectivity index (χ1n) is 14.1. The lowest BCUT2D eigenvalue weighted by atomic mass is 9.93. The molecular formula is C26H23F20N3O2. The molecule has 0 N–H and O–H groups in total. The van der Waals surface area contributed by atoms with Gasteiger partial charge in [-0.1, -0.05) is 26.2 Å². The van der Waals surface area contributed by atoms with Gasteiger partial charge in [-0.2, -0.15) is 89.6 Å². The van der Waals surface area contributed by atoms with Gasteiger partial charge in [0.1, 0.15) is 5.69 Å². The van der Waals surface area contributed by atoms with Gasteiger partial charge in [0.05, 0.1) is 5.69 Å². The average molecular weight is 789 g/mol. The van der Waals surface area contributed by atoms with Crippen molar-refractivity contribution in [3.05, 3.63) is 47.0 Å². The second kappa shape index (κ2) is 15.1. The van der Waals surface area contributed by atoms with Crippen LogP contribution in [0.4, 0.5) is 87.8 Å². The Hall–Kier alpha value is -3.12. The van der Waals surface area contributed by atoms with Crippen LogP contribution in [-0.2, 0) is 21.8 Å². The van der Waals surface area contributed by atoms with Crippen molar-refractivity contribution in [2.75, 3.05) is 13.2 Å². The normalized spacial score (nSPS) is 19.0. The molecule has 0 fully saturated rings. The zero-order valence-electron chi connectivity index (χ0n) is 25.2. The molecule has 2 heterocycles. The SMILES string of the molecule is CCCCCCOCCCCc1ccc(C2(F)C(F)=C(F)C(F)=C(F)N2OC(F)(F)C(F)(F)C(F)(F)C(F)(F)C(F)(F)C(F)(F)C(F)(F)F)nn1. The Bertz CT molecular complexity index is 1410. The maximum atomic E-state index is 15.9. The van der Waals surface area contributed by atoms with Crippen molar-refractivity contribution < 1.29 is 97.4 Å². The molecule has 25 heteroatoms. The molecule has 0 radical (unpaired) electrons. The average Bonchev–Trinajstić information content (AvgIpc) is 3.03. The predicted octanol–water partition coefficient (Wildman–Crippen LogP) is 10.4. The number of hydrogen-bond donors (Lipinski definition) is 0. The molecule has 0 spiro atoms. The highest BCUT2D eigenvalue weighted by Crippen LogP contribution is 2.63. The number of aryl methyl sites for hydroxylation is 1. The van der Waals surface area contributed by atoms with Gasteiger partial charge in [0.2, 0.25) is 17.5 Å². The Balaban J connectivity index is 2.45. The van der Waals surface area contributed by atoms with E-state index in [4.69, 9.17) is 4.74 Å². The van der Waals surface area contributed by atoms with Crippen LogP contribution in [0.3, 0.4) is 0 Å². The number of allylic oxidation sites excluding steroid dienone is 2. The second-order valence-corrected chi connectivity index (χ2v) is 10.7. The molecule has 5 nitrogen and oxygen atoms in total. The molecule has 0 amide bonds. The first-order chi connectivity index (χ1) is 23.0. The van der Waals surface area contributed by atoms with E-state index in [0.717, 1.165) is 25.7 Å². The molecule has 2 rings (SSSR count). The quantitative estimate of drug-likeness (QED) is 0.0842. The summed E-state index contributed by atoms with van der Waals surface area (Å²) in [5.74, 6) is -62.5. The van der Waals surface area contributed by atoms with E-state index >= 15 is 4.39 Å². The highest BCUT2D eigenvalue weighted by Gasteiger charge is 2.94. The summed E-state index contributed by atoms with van der Waals surface area (Å²) in [5.41, 5.74) is -2.22. The van der Waals surface area contributed by atoms with Crippen LogP contribution in [0.15, 0.2) is 35.6 Å². The van der Waals surface area contributed by atoms with Crippen LogP contribution < -0.4 is 0 Å². The van der Waals surface area contributed by atoms with Crippen molar-refractivity contribution in [3.8, 4) is 0 Å². The van der Waals surface area contributed by atoms with Gasteiger partial charge in [-0.3, -0.25) is 0 Å². The van der Waals surface area contributed by atoms with E-state index in [2.05, 4.69) is 15.0 Å². The number of alkyl halides is 16. The maximum absolute atomic E-state index is 15.9. The fraction of sp³-hybridized carbons (Fsp3) is 0.692. The van der Waals surface area contributed by atoms with E-state index in [-0.39, 0.29) is 31.2 Å². The van der Waals surface area contributed by atoms with Crippen molar-refractivity contribution in [1.29, 1.82) is 0 Å². The molecule has 0 aromatic carbocycles. The highest BCUT2D eigenvalue weighted by atomic mass is 19.4. The summed E-state index contributed by atoms with van der Waals surface area (Å²) < 4.78 is 281. The summed E-state index contributed by atoms with van der Waals surface area (Å²) in [6.07, 6.45) is -11.7. The molecule has 1 aromatic heterocycles. The highest BCUT2D eigenvalue weighted by molar-refractivity contribution is 5.37. The summed E-state index contributed by atoms with van der Waals surface area (Å²) in [6.45, 7) is 2.65. The van der Waals surface area contributed by atoms with Crippen LogP contribution in [0, 0.1) is 0 Å². The third-order valence-electron chi connectivity index (χ3n) is 6.99. The van der Waals surface area contributed by atoms with E-state index in [1.165, 1.54) is 0 Å². The van der Waals surface area contributed by atoms with Gasteiger partial charge in [0.25, 0.3) is 5.95 Å². The number of nitrogens with zero attached hydrogens (tertiary/aromatic N) is 3.